The highest BCUT2D eigenvalue weighted by Crippen LogP contribution is 2.34. The second-order valence-electron chi connectivity index (χ2n) is 6.52. The maximum Gasteiger partial charge on any atom is 0.267 e. The van der Waals surface area contributed by atoms with Crippen LogP contribution >= 0.6 is 24.0 Å². The Labute approximate surface area is 172 Å². The number of hydrogen-bond acceptors (Lipinski definition) is 7. The van der Waals surface area contributed by atoms with Crippen molar-refractivity contribution in [1.29, 1.82) is 0 Å². The number of fused-ring (bicyclic) bond motifs is 1. The number of rotatable bonds is 6. The molecule has 1 aliphatic rings. The third-order valence-electron chi connectivity index (χ3n) is 4.62. The average molecular weight is 419 g/mol. The lowest BCUT2D eigenvalue weighted by atomic mass is 10.2. The molecule has 28 heavy (non-hydrogen) atoms. The lowest BCUT2D eigenvalue weighted by molar-refractivity contribution is -0.123. The van der Waals surface area contributed by atoms with Crippen LogP contribution in [0.15, 0.2) is 28.0 Å². The van der Waals surface area contributed by atoms with Crippen LogP contribution in [0.3, 0.4) is 0 Å². The average Bonchev–Trinajstić information content (AvgIpc) is 2.96. The van der Waals surface area contributed by atoms with Gasteiger partial charge >= 0.3 is 0 Å². The Morgan fingerprint density at radius 1 is 1.43 bits per heavy atom. The summed E-state index contributed by atoms with van der Waals surface area (Å²) in [5.41, 5.74) is 1.35. The lowest BCUT2D eigenvalue weighted by Crippen LogP contribution is -2.36. The zero-order valence-corrected chi connectivity index (χ0v) is 17.6. The zero-order valence-electron chi connectivity index (χ0n) is 15.9. The molecule has 0 radical (unpaired) electrons. The van der Waals surface area contributed by atoms with Crippen LogP contribution in [0.25, 0.3) is 11.7 Å². The molecule has 3 heterocycles. The van der Waals surface area contributed by atoms with E-state index < -0.39 is 0 Å². The van der Waals surface area contributed by atoms with Gasteiger partial charge in [-0.2, -0.15) is 0 Å². The van der Waals surface area contributed by atoms with Crippen molar-refractivity contribution in [1.82, 2.24) is 14.3 Å². The van der Waals surface area contributed by atoms with Crippen molar-refractivity contribution in [3.05, 3.63) is 44.7 Å². The van der Waals surface area contributed by atoms with Crippen molar-refractivity contribution in [3.8, 4) is 0 Å². The summed E-state index contributed by atoms with van der Waals surface area (Å²) in [6.07, 6.45) is 3.98. The van der Waals surface area contributed by atoms with Crippen LogP contribution in [-0.2, 0) is 4.79 Å². The molecule has 2 aromatic rings. The minimum absolute atomic E-state index is 0.0103. The van der Waals surface area contributed by atoms with Gasteiger partial charge in [0, 0.05) is 18.8 Å². The van der Waals surface area contributed by atoms with Crippen molar-refractivity contribution in [3.63, 3.8) is 0 Å². The molecule has 0 bridgehead atoms. The molecule has 0 aromatic carbocycles. The number of carbonyl (C=O) groups excluding carboxylic acids is 1. The van der Waals surface area contributed by atoms with E-state index in [1.165, 1.54) is 16.2 Å². The second-order valence-corrected chi connectivity index (χ2v) is 8.20. The smallest absolute Gasteiger partial charge is 0.267 e. The van der Waals surface area contributed by atoms with E-state index in [0.29, 0.717) is 20.7 Å². The second kappa shape index (κ2) is 8.42. The molecule has 1 fully saturated rings. The zero-order chi connectivity index (χ0) is 20.4. The number of hydrogen-bond donors (Lipinski definition) is 2. The molecule has 0 aliphatic carbocycles. The number of aryl methyl sites for hydroxylation is 1. The van der Waals surface area contributed by atoms with E-state index in [1.54, 1.807) is 23.2 Å². The van der Waals surface area contributed by atoms with E-state index in [0.717, 1.165) is 12.0 Å². The van der Waals surface area contributed by atoms with Gasteiger partial charge in [0.25, 0.3) is 11.5 Å². The van der Waals surface area contributed by atoms with Gasteiger partial charge in [-0.25, -0.2) is 4.98 Å². The highest BCUT2D eigenvalue weighted by atomic mass is 32.2. The molecule has 7 nitrogen and oxygen atoms in total. The van der Waals surface area contributed by atoms with Gasteiger partial charge in [-0.05, 0) is 38.0 Å². The molecular weight excluding hydrogens is 396 g/mol. The first kappa shape index (κ1) is 20.5. The minimum Gasteiger partial charge on any atom is -0.395 e. The maximum absolute atomic E-state index is 13.1. The van der Waals surface area contributed by atoms with Crippen molar-refractivity contribution < 1.29 is 9.90 Å². The minimum atomic E-state index is -0.289. The number of thioether (sulfide) groups is 1. The summed E-state index contributed by atoms with van der Waals surface area (Å²) >= 11 is 6.55. The fraction of sp³-hybridized carbons (Fsp3) is 0.368. The number of nitrogens with one attached hydrogen (secondary N) is 1. The molecule has 1 amide bonds. The van der Waals surface area contributed by atoms with Gasteiger partial charge < -0.3 is 10.4 Å². The number of amides is 1. The summed E-state index contributed by atoms with van der Waals surface area (Å²) in [5.74, 6) is 0.133. The van der Waals surface area contributed by atoms with Crippen LogP contribution in [0.1, 0.15) is 31.4 Å². The van der Waals surface area contributed by atoms with E-state index in [2.05, 4.69) is 10.3 Å². The Morgan fingerprint density at radius 3 is 2.86 bits per heavy atom. The normalized spacial score (nSPS) is 17.0. The first-order valence-corrected chi connectivity index (χ1v) is 10.2. The SMILES string of the molecule is CCC(C)N1C(=O)/C(=C/c2c(NCCO)nc3c(C)cccn3c2=O)SC1=S. The van der Waals surface area contributed by atoms with E-state index in [-0.39, 0.29) is 36.2 Å². The highest BCUT2D eigenvalue weighted by molar-refractivity contribution is 8.26. The first-order valence-electron chi connectivity index (χ1n) is 9.02. The molecule has 1 aliphatic heterocycles. The van der Waals surface area contributed by atoms with Crippen LogP contribution in [0.4, 0.5) is 5.82 Å². The summed E-state index contributed by atoms with van der Waals surface area (Å²) in [6.45, 7) is 5.94. The molecule has 0 saturated carbocycles. The number of carbonyl (C=O) groups is 1. The summed E-state index contributed by atoms with van der Waals surface area (Å²) in [5, 5.41) is 12.2. The maximum atomic E-state index is 13.1. The van der Waals surface area contributed by atoms with Gasteiger partial charge in [-0.3, -0.25) is 18.9 Å². The van der Waals surface area contributed by atoms with E-state index in [1.807, 2.05) is 26.8 Å². The van der Waals surface area contributed by atoms with Crippen LogP contribution < -0.4 is 10.9 Å². The van der Waals surface area contributed by atoms with Gasteiger partial charge in [0.2, 0.25) is 0 Å². The monoisotopic (exact) mass is 418 g/mol. The molecule has 1 atom stereocenters. The third kappa shape index (κ3) is 3.69. The number of anilines is 1. The van der Waals surface area contributed by atoms with Crippen molar-refractivity contribution in [2.45, 2.75) is 33.2 Å². The van der Waals surface area contributed by atoms with Crippen LogP contribution in [0.2, 0.25) is 0 Å². The number of nitrogens with zero attached hydrogens (tertiary/aromatic N) is 3. The molecule has 2 aromatic heterocycles. The topological polar surface area (TPSA) is 86.9 Å². The fourth-order valence-corrected chi connectivity index (χ4v) is 4.37. The van der Waals surface area contributed by atoms with E-state index in [9.17, 15) is 9.59 Å². The number of aliphatic hydroxyl groups is 1. The standard InChI is InChI=1S/C19H22N4O3S2/c1-4-12(3)23-18(26)14(28-19(23)27)10-13-15(20-7-9-24)21-16-11(2)6-5-8-22(16)17(13)25/h5-6,8,10,12,20,24H,4,7,9H2,1-3H3/b14-10-. The molecule has 2 N–H and O–H groups in total. The predicted octanol–water partition coefficient (Wildman–Crippen LogP) is 2.41. The molecule has 9 heteroatoms. The Hall–Kier alpha value is -2.23. The molecule has 148 valence electrons. The summed E-state index contributed by atoms with van der Waals surface area (Å²) < 4.78 is 1.95. The Balaban J connectivity index is 2.15. The van der Waals surface area contributed by atoms with Gasteiger partial charge in [0.05, 0.1) is 17.1 Å². The predicted molar refractivity (Wildman–Crippen MR) is 117 cm³/mol. The molecular formula is C19H22N4O3S2. The number of thiocarbonyl (C=S) groups is 1. The summed E-state index contributed by atoms with van der Waals surface area (Å²) in [7, 11) is 0. The third-order valence-corrected chi connectivity index (χ3v) is 5.95. The van der Waals surface area contributed by atoms with E-state index >= 15 is 0 Å². The molecule has 3 rings (SSSR count). The molecule has 1 saturated heterocycles. The van der Waals surface area contributed by atoms with Gasteiger partial charge in [0.1, 0.15) is 15.8 Å². The molecule has 1 unspecified atom stereocenters. The van der Waals surface area contributed by atoms with Crippen molar-refractivity contribution >= 4 is 51.7 Å². The highest BCUT2D eigenvalue weighted by Gasteiger charge is 2.35. The summed E-state index contributed by atoms with van der Waals surface area (Å²) in [4.78, 5) is 32.5. The van der Waals surface area contributed by atoms with Crippen molar-refractivity contribution in [2.75, 3.05) is 18.5 Å². The summed E-state index contributed by atoms with van der Waals surface area (Å²) in [6, 6.07) is 3.64. The molecule has 0 spiro atoms. The van der Waals surface area contributed by atoms with Gasteiger partial charge in [-0.15, -0.1) is 0 Å². The number of aliphatic hydroxyl groups excluding tert-OH is 1. The first-order chi connectivity index (χ1) is 13.4. The Morgan fingerprint density at radius 2 is 2.18 bits per heavy atom. The van der Waals surface area contributed by atoms with Crippen LogP contribution in [0.5, 0.6) is 0 Å². The van der Waals surface area contributed by atoms with Gasteiger partial charge in [-0.1, -0.05) is 37.0 Å². The van der Waals surface area contributed by atoms with Crippen molar-refractivity contribution in [2.24, 2.45) is 0 Å². The van der Waals surface area contributed by atoms with Crippen LogP contribution in [-0.4, -0.2) is 48.8 Å². The Kier molecular flexibility index (Phi) is 6.17. The van der Waals surface area contributed by atoms with Crippen LogP contribution in [0, 0.1) is 6.92 Å². The Bertz CT molecular complexity index is 1030. The fourth-order valence-electron chi connectivity index (χ4n) is 2.92. The number of pyridine rings is 1. The van der Waals surface area contributed by atoms with Gasteiger partial charge in [0.15, 0.2) is 0 Å². The quantitative estimate of drug-likeness (QED) is 0.550. The van der Waals surface area contributed by atoms with E-state index in [4.69, 9.17) is 17.3 Å². The number of aromatic nitrogens is 2. The lowest BCUT2D eigenvalue weighted by Gasteiger charge is -2.21. The largest absolute Gasteiger partial charge is 0.395 e.